The summed E-state index contributed by atoms with van der Waals surface area (Å²) in [6.07, 6.45) is 1.74. The van der Waals surface area contributed by atoms with Crippen LogP contribution in [0.2, 0.25) is 19.6 Å². The van der Waals surface area contributed by atoms with E-state index in [9.17, 15) is 9.59 Å². The highest BCUT2D eigenvalue weighted by atomic mass is 32.2. The molecule has 0 aromatic heterocycles. The molecule has 17 heavy (non-hydrogen) atoms. The molecule has 0 bridgehead atoms. The van der Waals surface area contributed by atoms with Crippen LogP contribution in [0.5, 0.6) is 0 Å². The molecule has 0 saturated carbocycles. The van der Waals surface area contributed by atoms with Gasteiger partial charge in [-0.2, -0.15) is 0 Å². The van der Waals surface area contributed by atoms with Gasteiger partial charge in [0.1, 0.15) is 17.1 Å². The fourth-order valence-electron chi connectivity index (χ4n) is 1.76. The van der Waals surface area contributed by atoms with E-state index in [4.69, 9.17) is 10.2 Å². The second kappa shape index (κ2) is 4.15. The maximum atomic E-state index is 12.0. The van der Waals surface area contributed by atoms with Crippen LogP contribution < -0.4 is 5.73 Å². The Labute approximate surface area is 105 Å². The lowest BCUT2D eigenvalue weighted by atomic mass is 10.1. The van der Waals surface area contributed by atoms with Gasteiger partial charge in [0.15, 0.2) is 0 Å². The van der Waals surface area contributed by atoms with Gasteiger partial charge >= 0.3 is 5.97 Å². The first-order chi connectivity index (χ1) is 7.81. The number of fused-ring (bicyclic) bond motifs is 1. The summed E-state index contributed by atoms with van der Waals surface area (Å²) >= 11 is 1.57. The van der Waals surface area contributed by atoms with Crippen molar-refractivity contribution >= 4 is 32.0 Å². The summed E-state index contributed by atoms with van der Waals surface area (Å²) < 4.78 is 5.40. The smallest absolute Gasteiger partial charge is 0.341 e. The van der Waals surface area contributed by atoms with E-state index in [0.717, 1.165) is 0 Å². The standard InChI is InChI=1S/C10H16N2O3SSi/c1-17(2,3)15-10(14)6-4-5-16-9-7(11)8(13)12(6)9/h4,7,9H,5,11H2,1-3H3/t7?,9-/m1/s1. The molecule has 0 spiro atoms. The zero-order valence-corrected chi connectivity index (χ0v) is 11.9. The van der Waals surface area contributed by atoms with E-state index < -0.39 is 20.3 Å². The molecule has 0 aromatic rings. The van der Waals surface area contributed by atoms with Gasteiger partial charge in [0, 0.05) is 5.75 Å². The van der Waals surface area contributed by atoms with Gasteiger partial charge in [0.25, 0.3) is 0 Å². The molecule has 5 nitrogen and oxygen atoms in total. The number of β-lactam (4-membered cyclic amide) rings is 1. The maximum Gasteiger partial charge on any atom is 0.341 e. The number of carbonyl (C=O) groups excluding carboxylic acids is 2. The fourth-order valence-corrected chi connectivity index (χ4v) is 3.56. The van der Waals surface area contributed by atoms with Crippen LogP contribution in [0.3, 0.4) is 0 Å². The molecule has 7 heteroatoms. The molecule has 2 aliphatic heterocycles. The SMILES string of the molecule is C[Si](C)(C)OC(=O)C1=CCS[C@@H]2C(N)C(=O)N12. The first kappa shape index (κ1) is 12.7. The van der Waals surface area contributed by atoms with Crippen LogP contribution in [0, 0.1) is 0 Å². The Kier molecular flexibility index (Phi) is 3.09. The lowest BCUT2D eigenvalue weighted by Crippen LogP contribution is -2.68. The van der Waals surface area contributed by atoms with E-state index >= 15 is 0 Å². The van der Waals surface area contributed by atoms with Gasteiger partial charge in [-0.1, -0.05) is 0 Å². The van der Waals surface area contributed by atoms with E-state index in [-0.39, 0.29) is 11.3 Å². The highest BCUT2D eigenvalue weighted by Gasteiger charge is 2.50. The lowest BCUT2D eigenvalue weighted by molar-refractivity contribution is -0.147. The largest absolute Gasteiger partial charge is 0.515 e. The summed E-state index contributed by atoms with van der Waals surface area (Å²) in [5, 5.41) is -0.100. The Morgan fingerprint density at radius 3 is 2.82 bits per heavy atom. The molecule has 2 aliphatic rings. The molecule has 1 saturated heterocycles. The number of hydrogen-bond acceptors (Lipinski definition) is 5. The molecule has 2 heterocycles. The van der Waals surface area contributed by atoms with Gasteiger partial charge in [0.2, 0.25) is 14.2 Å². The summed E-state index contributed by atoms with van der Waals surface area (Å²) in [7, 11) is -1.94. The molecule has 0 aliphatic carbocycles. The summed E-state index contributed by atoms with van der Waals surface area (Å²) in [4.78, 5) is 25.0. The molecular formula is C10H16N2O3SSi. The predicted octanol–water partition coefficient (Wildman–Crippen LogP) is 0.491. The van der Waals surface area contributed by atoms with Gasteiger partial charge in [-0.3, -0.25) is 9.69 Å². The van der Waals surface area contributed by atoms with Crippen LogP contribution >= 0.6 is 11.8 Å². The number of nitrogens with zero attached hydrogens (tertiary/aromatic N) is 1. The van der Waals surface area contributed by atoms with Crippen molar-refractivity contribution in [3.8, 4) is 0 Å². The summed E-state index contributed by atoms with van der Waals surface area (Å²) in [5.41, 5.74) is 6.05. The van der Waals surface area contributed by atoms with Crippen LogP contribution in [-0.4, -0.2) is 42.3 Å². The minimum atomic E-state index is -1.94. The van der Waals surface area contributed by atoms with Crippen molar-refractivity contribution in [2.75, 3.05) is 5.75 Å². The van der Waals surface area contributed by atoms with Crippen LogP contribution in [0.4, 0.5) is 0 Å². The van der Waals surface area contributed by atoms with Crippen molar-refractivity contribution in [2.24, 2.45) is 5.73 Å². The first-order valence-corrected chi connectivity index (χ1v) is 9.91. The van der Waals surface area contributed by atoms with E-state index in [1.165, 1.54) is 4.90 Å². The molecular weight excluding hydrogens is 256 g/mol. The zero-order chi connectivity index (χ0) is 12.8. The van der Waals surface area contributed by atoms with Crippen LogP contribution in [0.25, 0.3) is 0 Å². The van der Waals surface area contributed by atoms with Crippen molar-refractivity contribution in [2.45, 2.75) is 31.1 Å². The molecule has 94 valence electrons. The summed E-state index contributed by atoms with van der Waals surface area (Å²) in [6, 6.07) is -0.483. The van der Waals surface area contributed by atoms with Gasteiger partial charge < -0.3 is 10.2 Å². The highest BCUT2D eigenvalue weighted by molar-refractivity contribution is 8.00. The average molecular weight is 272 g/mol. The second-order valence-electron chi connectivity index (χ2n) is 5.05. The summed E-state index contributed by atoms with van der Waals surface area (Å²) in [5.74, 6) is 0.105. The quantitative estimate of drug-likeness (QED) is 0.585. The minimum absolute atomic E-state index is 0.100. The van der Waals surface area contributed by atoms with Gasteiger partial charge in [-0.05, 0) is 25.7 Å². The highest BCUT2D eigenvalue weighted by Crippen LogP contribution is 2.36. The molecule has 1 unspecified atom stereocenters. The summed E-state index contributed by atoms with van der Waals surface area (Å²) in [6.45, 7) is 5.80. The topological polar surface area (TPSA) is 72.6 Å². The molecule has 2 rings (SSSR count). The van der Waals surface area contributed by atoms with E-state index in [1.807, 2.05) is 19.6 Å². The number of hydrogen-bond donors (Lipinski definition) is 1. The number of amides is 1. The normalized spacial score (nSPS) is 28.1. The van der Waals surface area contributed by atoms with Crippen LogP contribution in [0.1, 0.15) is 0 Å². The van der Waals surface area contributed by atoms with Crippen molar-refractivity contribution < 1.29 is 14.0 Å². The van der Waals surface area contributed by atoms with E-state index in [2.05, 4.69) is 0 Å². The number of nitrogens with two attached hydrogens (primary N) is 1. The third kappa shape index (κ3) is 2.27. The molecule has 0 aromatic carbocycles. The van der Waals surface area contributed by atoms with Crippen molar-refractivity contribution in [3.63, 3.8) is 0 Å². The first-order valence-electron chi connectivity index (χ1n) is 5.45. The van der Waals surface area contributed by atoms with Crippen molar-refractivity contribution in [1.29, 1.82) is 0 Å². The van der Waals surface area contributed by atoms with E-state index in [1.54, 1.807) is 17.8 Å². The fraction of sp³-hybridized carbons (Fsp3) is 0.600. The molecule has 2 atom stereocenters. The Balaban J connectivity index is 2.14. The third-order valence-electron chi connectivity index (χ3n) is 2.50. The zero-order valence-electron chi connectivity index (χ0n) is 10.1. The lowest BCUT2D eigenvalue weighted by Gasteiger charge is -2.47. The monoisotopic (exact) mass is 272 g/mol. The third-order valence-corrected chi connectivity index (χ3v) is 4.50. The Morgan fingerprint density at radius 1 is 1.59 bits per heavy atom. The number of carbonyl (C=O) groups is 2. The molecule has 2 N–H and O–H groups in total. The molecule has 1 fully saturated rings. The van der Waals surface area contributed by atoms with Crippen LogP contribution in [0.15, 0.2) is 11.8 Å². The maximum absolute atomic E-state index is 12.0. The minimum Gasteiger partial charge on any atom is -0.515 e. The Morgan fingerprint density at radius 2 is 2.24 bits per heavy atom. The van der Waals surface area contributed by atoms with Crippen LogP contribution in [-0.2, 0) is 14.0 Å². The van der Waals surface area contributed by atoms with Crippen molar-refractivity contribution in [3.05, 3.63) is 11.8 Å². The Hall–Kier alpha value is -0.793. The molecule has 1 amide bonds. The second-order valence-corrected chi connectivity index (χ2v) is 10.6. The van der Waals surface area contributed by atoms with E-state index in [0.29, 0.717) is 11.4 Å². The Bertz CT molecular complexity index is 405. The van der Waals surface area contributed by atoms with Gasteiger partial charge in [-0.15, -0.1) is 11.8 Å². The van der Waals surface area contributed by atoms with Gasteiger partial charge in [0.05, 0.1) is 0 Å². The van der Waals surface area contributed by atoms with Gasteiger partial charge in [-0.25, -0.2) is 4.79 Å². The molecule has 0 radical (unpaired) electrons. The number of thioether (sulfide) groups is 1. The predicted molar refractivity (Wildman–Crippen MR) is 68.6 cm³/mol. The number of rotatable bonds is 2. The van der Waals surface area contributed by atoms with Crippen molar-refractivity contribution in [1.82, 2.24) is 4.90 Å². The average Bonchev–Trinajstić information content (AvgIpc) is 2.24.